The minimum Gasteiger partial charge on any atom is -0.469 e. The molecule has 3 aliphatic heterocycles. The Morgan fingerprint density at radius 2 is 0.716 bits per heavy atom. The van der Waals surface area contributed by atoms with Gasteiger partial charge in [0.2, 0.25) is 0 Å². The standard InChI is InChI=1S/C95H108O20Si/c1-95(2,3)116(75-55-35-19-36-56-75,76-57-37-20-38-58-76)109-67-79-82(103-61-68-41-21-12-22-42-68)85(105-63-70-45-25-14-26-46-70)81(97)92(110-79)108-66-77-83(104-62-69-43-23-13-24-44-69)86(106-64-71-47-27-15-28-48-71)88(93(111-77)102-60-40-11-9-7-5-6-8-10-39-59-80(96)101-4)115-94-87(114-91(100)74-53-33-18-34-54-74)84(113-90(99)73-51-31-17-32-52-73)78(112-94)65-107-89(98)72-49-29-16-30-50-72/h12-38,41-58,77-79,81-88,92-94,97H,5-11,39-40,59-67H2,1-4H3/t77-,78+,79-,81-,82+,83+,84+,85-,86+,87-,88-,92-,93-,94+/m1/s1. The average Bonchev–Trinajstić information content (AvgIpc) is 0.831. The normalized spacial score (nSPS) is 22.8. The fourth-order valence-electron chi connectivity index (χ4n) is 15.1. The largest absolute Gasteiger partial charge is 0.469 e. The van der Waals surface area contributed by atoms with Gasteiger partial charge in [0, 0.05) is 13.0 Å². The van der Waals surface area contributed by atoms with Crippen LogP contribution in [0.5, 0.6) is 0 Å². The minimum atomic E-state index is -3.30. The minimum absolute atomic E-state index is 0.00225. The molecule has 14 atom stereocenters. The number of aliphatic hydroxyl groups excluding tert-OH is 1. The number of benzene rings is 9. The molecular weight excluding hydrogens is 1490 g/mol. The van der Waals surface area contributed by atoms with Gasteiger partial charge in [0.15, 0.2) is 31.1 Å². The Labute approximate surface area is 681 Å². The fraction of sp³-hybridized carbons (Fsp3) is 0.389. The van der Waals surface area contributed by atoms with Gasteiger partial charge in [0.1, 0.15) is 61.5 Å². The van der Waals surface area contributed by atoms with Crippen molar-refractivity contribution in [3.8, 4) is 0 Å². The topological polar surface area (TPSA) is 227 Å². The summed E-state index contributed by atoms with van der Waals surface area (Å²) in [6.45, 7) is 6.20. The van der Waals surface area contributed by atoms with E-state index in [1.54, 1.807) is 91.0 Å². The second-order valence-electron chi connectivity index (χ2n) is 30.4. The van der Waals surface area contributed by atoms with E-state index >= 15 is 0 Å². The average molecular weight is 1600 g/mol. The molecule has 3 saturated heterocycles. The molecule has 116 heavy (non-hydrogen) atoms. The first-order chi connectivity index (χ1) is 56.7. The number of unbranched alkanes of at least 4 members (excludes halogenated alkanes) is 8. The van der Waals surface area contributed by atoms with Gasteiger partial charge in [-0.25, -0.2) is 14.4 Å². The number of esters is 4. The molecule has 3 fully saturated rings. The Kier molecular flexibility index (Phi) is 32.8. The molecule has 0 unspecified atom stereocenters. The molecule has 1 N–H and O–H groups in total. The van der Waals surface area contributed by atoms with Crippen LogP contribution in [0.3, 0.4) is 0 Å². The van der Waals surface area contributed by atoms with Gasteiger partial charge in [-0.1, -0.05) is 302 Å². The number of rotatable bonds is 42. The van der Waals surface area contributed by atoms with Crippen molar-refractivity contribution < 1.29 is 95.0 Å². The predicted octanol–water partition coefficient (Wildman–Crippen LogP) is 15.2. The molecule has 612 valence electrons. The van der Waals surface area contributed by atoms with Crippen LogP contribution in [-0.4, -0.2) is 157 Å². The highest BCUT2D eigenvalue weighted by Gasteiger charge is 2.58. The summed E-state index contributed by atoms with van der Waals surface area (Å²) in [6.07, 6.45) is -9.64. The Morgan fingerprint density at radius 3 is 1.17 bits per heavy atom. The lowest BCUT2D eigenvalue weighted by Crippen LogP contribution is -2.68. The first kappa shape index (κ1) is 86.0. The van der Waals surface area contributed by atoms with Gasteiger partial charge in [-0.3, -0.25) is 4.79 Å². The van der Waals surface area contributed by atoms with Crippen LogP contribution in [0.2, 0.25) is 5.04 Å². The molecule has 9 aromatic rings. The van der Waals surface area contributed by atoms with Crippen molar-refractivity contribution >= 4 is 42.6 Å². The lowest BCUT2D eigenvalue weighted by Gasteiger charge is -2.48. The van der Waals surface area contributed by atoms with Crippen molar-refractivity contribution in [2.45, 2.75) is 202 Å². The van der Waals surface area contributed by atoms with Crippen molar-refractivity contribution in [1.82, 2.24) is 0 Å². The van der Waals surface area contributed by atoms with E-state index in [1.165, 1.54) is 7.11 Å². The molecule has 3 aliphatic rings. The van der Waals surface area contributed by atoms with E-state index in [0.29, 0.717) is 12.8 Å². The Balaban J connectivity index is 0.922. The molecule has 0 amide bonds. The van der Waals surface area contributed by atoms with Gasteiger partial charge in [0.25, 0.3) is 8.32 Å². The first-order valence-electron chi connectivity index (χ1n) is 40.4. The molecule has 0 saturated carbocycles. The zero-order chi connectivity index (χ0) is 80.7. The van der Waals surface area contributed by atoms with E-state index in [0.717, 1.165) is 84.0 Å². The summed E-state index contributed by atoms with van der Waals surface area (Å²) < 4.78 is 103. The van der Waals surface area contributed by atoms with E-state index < -0.39 is 124 Å². The maximum Gasteiger partial charge on any atom is 0.338 e. The van der Waals surface area contributed by atoms with Crippen LogP contribution >= 0.6 is 0 Å². The number of hydrogen-bond acceptors (Lipinski definition) is 20. The van der Waals surface area contributed by atoms with Crippen LogP contribution in [0.15, 0.2) is 273 Å². The molecule has 0 aliphatic carbocycles. The Bertz CT molecular complexity index is 4310. The van der Waals surface area contributed by atoms with Crippen molar-refractivity contribution in [2.75, 3.05) is 33.5 Å². The van der Waals surface area contributed by atoms with Crippen LogP contribution in [0.1, 0.15) is 138 Å². The maximum absolute atomic E-state index is 14.7. The molecule has 0 spiro atoms. The van der Waals surface area contributed by atoms with E-state index in [9.17, 15) is 24.3 Å². The van der Waals surface area contributed by atoms with Gasteiger partial charge in [0.05, 0.1) is 63.4 Å². The summed E-state index contributed by atoms with van der Waals surface area (Å²) in [4.78, 5) is 55.0. The number of carbonyl (C=O) groups is 4. The zero-order valence-corrected chi connectivity index (χ0v) is 67.5. The summed E-state index contributed by atoms with van der Waals surface area (Å²) >= 11 is 0. The van der Waals surface area contributed by atoms with Crippen LogP contribution < -0.4 is 10.4 Å². The van der Waals surface area contributed by atoms with Gasteiger partial charge in [-0.2, -0.15) is 0 Å². The maximum atomic E-state index is 14.7. The Hall–Kier alpha value is -9.40. The summed E-state index contributed by atoms with van der Waals surface area (Å²) in [5.41, 5.74) is 3.96. The smallest absolute Gasteiger partial charge is 0.338 e. The number of methoxy groups -OCH3 is 1. The third-order valence-corrected chi connectivity index (χ3v) is 26.1. The van der Waals surface area contributed by atoms with Gasteiger partial charge >= 0.3 is 23.9 Å². The zero-order valence-electron chi connectivity index (χ0n) is 66.5. The number of aliphatic hydroxyl groups is 1. The molecule has 0 radical (unpaired) electrons. The van der Waals surface area contributed by atoms with Crippen molar-refractivity contribution in [2.24, 2.45) is 0 Å². The highest BCUT2D eigenvalue weighted by molar-refractivity contribution is 6.99. The van der Waals surface area contributed by atoms with Crippen molar-refractivity contribution in [3.05, 3.63) is 312 Å². The summed E-state index contributed by atoms with van der Waals surface area (Å²) in [6, 6.07) is 84.5. The van der Waals surface area contributed by atoms with Gasteiger partial charge in [-0.05, 0) is 86.9 Å². The lowest BCUT2D eigenvalue weighted by molar-refractivity contribution is -0.361. The van der Waals surface area contributed by atoms with Crippen molar-refractivity contribution in [1.29, 1.82) is 0 Å². The molecule has 0 aromatic heterocycles. The molecule has 9 aromatic carbocycles. The Morgan fingerprint density at radius 1 is 0.353 bits per heavy atom. The summed E-state index contributed by atoms with van der Waals surface area (Å²) in [5, 5.41) is 14.9. The second-order valence-corrected chi connectivity index (χ2v) is 34.7. The SMILES string of the molecule is COC(=O)CCCCCCCCCCCO[C@@H]1O[C@H](CO[C@@H]2O[C@H](CO[Si](c3ccccc3)(c3ccccc3)C(C)(C)C)[C@H](OCc3ccccc3)[C@H](OCc3ccccc3)[C@H]2O)[C@H](OCc2ccccc2)[C@H](OCc2ccccc2)[C@H]1O[C@@H]1O[C@@H](COC(=O)c2ccccc2)[C@H](OC(=O)c2ccccc2)[C@H]1OC(=O)c1ccccc1. The molecule has 0 bridgehead atoms. The van der Waals surface area contributed by atoms with E-state index in [4.69, 9.17) is 70.7 Å². The monoisotopic (exact) mass is 1600 g/mol. The van der Waals surface area contributed by atoms with Gasteiger partial charge in [-0.15, -0.1) is 0 Å². The molecule has 3 heterocycles. The number of ether oxygens (including phenoxy) is 14. The second kappa shape index (κ2) is 44.2. The lowest BCUT2D eigenvalue weighted by atomic mass is 9.97. The third-order valence-electron chi connectivity index (χ3n) is 21.1. The summed E-state index contributed by atoms with van der Waals surface area (Å²) in [7, 11) is -1.88. The molecule has 20 nitrogen and oxygen atoms in total. The van der Waals surface area contributed by atoms with Gasteiger partial charge < -0.3 is 75.8 Å². The van der Waals surface area contributed by atoms with Crippen LogP contribution in [-0.2, 0) is 102 Å². The van der Waals surface area contributed by atoms with E-state index in [1.807, 2.05) is 158 Å². The fourth-order valence-corrected chi connectivity index (χ4v) is 19.7. The van der Waals surface area contributed by atoms with E-state index in [2.05, 4.69) is 45.0 Å². The predicted molar refractivity (Wildman–Crippen MR) is 439 cm³/mol. The molecule has 21 heteroatoms. The van der Waals surface area contributed by atoms with Crippen LogP contribution in [0, 0.1) is 0 Å². The molecular formula is C95H108O20Si. The van der Waals surface area contributed by atoms with Crippen LogP contribution in [0.25, 0.3) is 0 Å². The summed E-state index contributed by atoms with van der Waals surface area (Å²) in [5.74, 6) is -2.47. The number of carbonyl (C=O) groups excluding carboxylic acids is 4. The first-order valence-corrected chi connectivity index (χ1v) is 42.3. The highest BCUT2D eigenvalue weighted by atomic mass is 28.4. The van der Waals surface area contributed by atoms with Crippen molar-refractivity contribution in [3.63, 3.8) is 0 Å². The van der Waals surface area contributed by atoms with Crippen LogP contribution in [0.4, 0.5) is 0 Å². The quantitative estimate of drug-likeness (QED) is 0.0162. The third kappa shape index (κ3) is 23.9. The highest BCUT2D eigenvalue weighted by Crippen LogP contribution is 2.41. The van der Waals surface area contributed by atoms with E-state index in [-0.39, 0.29) is 68.9 Å². The number of hydrogen-bond donors (Lipinski definition) is 1. The molecule has 12 rings (SSSR count).